The van der Waals surface area contributed by atoms with Crippen molar-refractivity contribution in [1.29, 1.82) is 0 Å². The van der Waals surface area contributed by atoms with E-state index in [4.69, 9.17) is 9.47 Å². The molecule has 5 atom stereocenters. The monoisotopic (exact) mass is 360 g/mol. The number of phenolic OH excluding ortho intramolecular Hbond substituents is 2. The summed E-state index contributed by atoms with van der Waals surface area (Å²) in [4.78, 5) is 0. The molecule has 0 amide bonds. The van der Waals surface area contributed by atoms with E-state index in [0.29, 0.717) is 17.1 Å². The van der Waals surface area contributed by atoms with Crippen LogP contribution < -0.4 is 4.74 Å². The first-order valence-electron chi connectivity index (χ1n) is 9.90. The fourth-order valence-electron chi connectivity index (χ4n) is 6.90. The van der Waals surface area contributed by atoms with Crippen LogP contribution in [0, 0.1) is 22.7 Å². The quantitative estimate of drug-likeness (QED) is 0.678. The van der Waals surface area contributed by atoms with Gasteiger partial charge in [0.25, 0.3) is 0 Å². The van der Waals surface area contributed by atoms with Crippen molar-refractivity contribution in [1.82, 2.24) is 0 Å². The Balaban J connectivity index is 1.87. The van der Waals surface area contributed by atoms with Gasteiger partial charge in [-0.25, -0.2) is 0 Å². The fourth-order valence-corrected chi connectivity index (χ4v) is 6.90. The zero-order valence-electron chi connectivity index (χ0n) is 16.6. The smallest absolute Gasteiger partial charge is 0.161 e. The molecule has 2 fully saturated rings. The average molecular weight is 360 g/mol. The van der Waals surface area contributed by atoms with Crippen molar-refractivity contribution >= 4 is 0 Å². The molecule has 0 spiro atoms. The third-order valence-corrected chi connectivity index (χ3v) is 7.89. The number of aromatic hydroxyl groups is 2. The normalized spacial score (nSPS) is 40.7. The maximum absolute atomic E-state index is 10.1. The van der Waals surface area contributed by atoms with Crippen LogP contribution in [0.4, 0.5) is 0 Å². The highest BCUT2D eigenvalue weighted by Gasteiger charge is 2.63. The van der Waals surface area contributed by atoms with Crippen LogP contribution in [-0.4, -0.2) is 22.9 Å². The highest BCUT2D eigenvalue weighted by Crippen LogP contribution is 2.67. The second-order valence-corrected chi connectivity index (χ2v) is 9.87. The van der Waals surface area contributed by atoms with Crippen molar-refractivity contribution in [3.63, 3.8) is 0 Å². The number of methoxy groups -OCH3 is 1. The zero-order chi connectivity index (χ0) is 18.9. The van der Waals surface area contributed by atoms with Gasteiger partial charge >= 0.3 is 0 Å². The van der Waals surface area contributed by atoms with E-state index in [1.54, 1.807) is 13.2 Å². The Morgan fingerprint density at radius 3 is 2.42 bits per heavy atom. The van der Waals surface area contributed by atoms with Crippen molar-refractivity contribution in [2.24, 2.45) is 22.7 Å². The van der Waals surface area contributed by atoms with Crippen LogP contribution in [0.25, 0.3) is 0 Å². The highest BCUT2D eigenvalue weighted by molar-refractivity contribution is 5.52. The number of phenols is 2. The number of benzene rings is 1. The molecule has 1 aromatic rings. The summed E-state index contributed by atoms with van der Waals surface area (Å²) in [5, 5.41) is 20.0. The van der Waals surface area contributed by atoms with E-state index in [1.807, 2.05) is 0 Å². The van der Waals surface area contributed by atoms with Crippen LogP contribution in [0.1, 0.15) is 71.5 Å². The molecule has 1 aliphatic heterocycles. The molecule has 2 saturated carbocycles. The third kappa shape index (κ3) is 2.30. The lowest BCUT2D eigenvalue weighted by molar-refractivity contribution is -0.207. The Morgan fingerprint density at radius 1 is 1.04 bits per heavy atom. The van der Waals surface area contributed by atoms with Gasteiger partial charge in [-0.15, -0.1) is 0 Å². The van der Waals surface area contributed by atoms with Gasteiger partial charge in [0.15, 0.2) is 11.5 Å². The maximum Gasteiger partial charge on any atom is 0.161 e. The number of ether oxygens (including phenoxy) is 2. The molecule has 2 aliphatic carbocycles. The zero-order valence-corrected chi connectivity index (χ0v) is 16.6. The van der Waals surface area contributed by atoms with Gasteiger partial charge in [0, 0.05) is 24.7 Å². The maximum atomic E-state index is 10.1. The number of hydrogen-bond donors (Lipinski definition) is 2. The molecular formula is C22H32O4. The Kier molecular flexibility index (Phi) is 3.83. The Labute approximate surface area is 156 Å². The van der Waals surface area contributed by atoms with Crippen LogP contribution in [0.2, 0.25) is 0 Å². The van der Waals surface area contributed by atoms with E-state index in [-0.39, 0.29) is 34.5 Å². The van der Waals surface area contributed by atoms with E-state index in [1.165, 1.54) is 25.3 Å². The molecule has 0 radical (unpaired) electrons. The van der Waals surface area contributed by atoms with Crippen molar-refractivity contribution in [2.45, 2.75) is 71.5 Å². The SMILES string of the molecule is CO[C@@H]1c2cc(O)c(O)cc2O[C@@]2(C)CC[C@H]3C(C)(C)CCC[C@]3(C)[C@@H]12. The molecule has 0 saturated heterocycles. The number of rotatable bonds is 1. The van der Waals surface area contributed by atoms with Gasteiger partial charge in [-0.1, -0.05) is 27.2 Å². The van der Waals surface area contributed by atoms with Crippen LogP contribution in [-0.2, 0) is 4.74 Å². The molecule has 4 nitrogen and oxygen atoms in total. The molecule has 0 unspecified atom stereocenters. The van der Waals surface area contributed by atoms with Crippen LogP contribution in [0.15, 0.2) is 12.1 Å². The number of hydrogen-bond acceptors (Lipinski definition) is 4. The van der Waals surface area contributed by atoms with Crippen molar-refractivity contribution < 1.29 is 19.7 Å². The lowest BCUT2D eigenvalue weighted by Crippen LogP contribution is -2.62. The molecular weight excluding hydrogens is 328 g/mol. The second-order valence-electron chi connectivity index (χ2n) is 9.87. The summed E-state index contributed by atoms with van der Waals surface area (Å²) in [5.74, 6) is 1.24. The first kappa shape index (κ1) is 18.0. The van der Waals surface area contributed by atoms with Crippen LogP contribution in [0.5, 0.6) is 17.2 Å². The first-order valence-corrected chi connectivity index (χ1v) is 9.90. The largest absolute Gasteiger partial charge is 0.504 e. The average Bonchev–Trinajstić information content (AvgIpc) is 2.53. The Morgan fingerprint density at radius 2 is 1.73 bits per heavy atom. The van der Waals surface area contributed by atoms with Crippen LogP contribution in [0.3, 0.4) is 0 Å². The molecule has 26 heavy (non-hydrogen) atoms. The summed E-state index contributed by atoms with van der Waals surface area (Å²) in [6.07, 6.45) is 5.70. The van der Waals surface area contributed by atoms with Gasteiger partial charge in [0.05, 0.1) is 6.10 Å². The fraction of sp³-hybridized carbons (Fsp3) is 0.727. The molecule has 1 heterocycles. The summed E-state index contributed by atoms with van der Waals surface area (Å²) in [5.41, 5.74) is 0.982. The Hall–Kier alpha value is -1.42. The van der Waals surface area contributed by atoms with Gasteiger partial charge in [-0.3, -0.25) is 0 Å². The minimum absolute atomic E-state index is 0.112. The van der Waals surface area contributed by atoms with E-state index in [9.17, 15) is 10.2 Å². The molecule has 4 heteroatoms. The molecule has 2 N–H and O–H groups in total. The molecule has 4 rings (SSSR count). The lowest BCUT2D eigenvalue weighted by atomic mass is 9.44. The van der Waals surface area contributed by atoms with Crippen LogP contribution >= 0.6 is 0 Å². The minimum Gasteiger partial charge on any atom is -0.504 e. The summed E-state index contributed by atoms with van der Waals surface area (Å²) < 4.78 is 12.6. The number of fused-ring (bicyclic) bond motifs is 4. The Bertz CT molecular complexity index is 727. The van der Waals surface area contributed by atoms with Crippen molar-refractivity contribution in [3.8, 4) is 17.2 Å². The molecule has 1 aromatic carbocycles. The lowest BCUT2D eigenvalue weighted by Gasteiger charge is -2.64. The summed E-state index contributed by atoms with van der Waals surface area (Å²) in [6.45, 7) is 9.48. The van der Waals surface area contributed by atoms with E-state index >= 15 is 0 Å². The topological polar surface area (TPSA) is 58.9 Å². The summed E-state index contributed by atoms with van der Waals surface area (Å²) in [7, 11) is 1.75. The van der Waals surface area contributed by atoms with E-state index in [2.05, 4.69) is 27.7 Å². The molecule has 0 aromatic heterocycles. The van der Waals surface area contributed by atoms with E-state index < -0.39 is 0 Å². The van der Waals surface area contributed by atoms with Gasteiger partial charge in [-0.05, 0) is 55.4 Å². The summed E-state index contributed by atoms with van der Waals surface area (Å²) in [6, 6.07) is 3.16. The predicted molar refractivity (Wildman–Crippen MR) is 101 cm³/mol. The van der Waals surface area contributed by atoms with Gasteiger partial charge in [-0.2, -0.15) is 0 Å². The predicted octanol–water partition coefficient (Wildman–Crippen LogP) is 5.18. The van der Waals surface area contributed by atoms with Gasteiger partial charge < -0.3 is 19.7 Å². The molecule has 144 valence electrons. The molecule has 3 aliphatic rings. The van der Waals surface area contributed by atoms with E-state index in [0.717, 1.165) is 18.4 Å². The second kappa shape index (κ2) is 5.54. The highest BCUT2D eigenvalue weighted by atomic mass is 16.5. The third-order valence-electron chi connectivity index (χ3n) is 7.89. The molecule has 0 bridgehead atoms. The van der Waals surface area contributed by atoms with Crippen molar-refractivity contribution in [3.05, 3.63) is 17.7 Å². The van der Waals surface area contributed by atoms with Gasteiger partial charge in [0.1, 0.15) is 11.4 Å². The summed E-state index contributed by atoms with van der Waals surface area (Å²) >= 11 is 0. The first-order chi connectivity index (χ1) is 12.1. The standard InChI is InChI=1S/C22H32O4/c1-20(2)8-6-9-21(3)17(20)7-10-22(4)19(21)18(25-5)13-11-14(23)15(24)12-16(13)26-22/h11-12,17-19,23-24H,6-10H2,1-5H3/t17-,18+,19+,21-,22-/m0/s1. The van der Waals surface area contributed by atoms with Crippen molar-refractivity contribution in [2.75, 3.05) is 7.11 Å². The van der Waals surface area contributed by atoms with Gasteiger partial charge in [0.2, 0.25) is 0 Å². The minimum atomic E-state index is -0.324.